The minimum absolute atomic E-state index is 0.0563. The van der Waals surface area contributed by atoms with E-state index in [-0.39, 0.29) is 22.8 Å². The zero-order chi connectivity index (χ0) is 25.4. The minimum atomic E-state index is -4.69. The van der Waals surface area contributed by atoms with Crippen molar-refractivity contribution in [2.45, 2.75) is 6.18 Å². The van der Waals surface area contributed by atoms with Gasteiger partial charge < -0.3 is 0 Å². The van der Waals surface area contributed by atoms with Crippen molar-refractivity contribution in [2.75, 3.05) is 4.72 Å². The first kappa shape index (κ1) is 23.9. The van der Waals surface area contributed by atoms with Gasteiger partial charge in [-0.05, 0) is 53.6 Å². The number of benzene rings is 3. The Bertz CT molecular complexity index is 1480. The summed E-state index contributed by atoms with van der Waals surface area (Å²) in [5.74, 6) is 0. The Morgan fingerprint density at radius 3 is 1.89 bits per heavy atom. The molecule has 3 N–H and O–H groups in total. The van der Waals surface area contributed by atoms with Crippen LogP contribution in [0, 0.1) is 10.1 Å². The molecule has 0 fully saturated rings. The molecule has 1 heterocycles. The number of nitro groups is 1. The lowest BCUT2D eigenvalue weighted by Gasteiger charge is -2.10. The standard InChI is InChI=1S/C22H16F3N5O4S/c23-22(24,25)21-13-20(29(27-21)18-11-7-17(8-12-18)28-35(26,33)34)16-3-1-14(2-4-16)15-5-9-19(10-6-15)30(31)32/h1-13,28H,(H2,26,33,34). The molecule has 0 aliphatic rings. The third-order valence-corrected chi connectivity index (χ3v) is 5.48. The molecule has 4 aromatic rings. The predicted molar refractivity (Wildman–Crippen MR) is 123 cm³/mol. The molecule has 0 radical (unpaired) electrons. The van der Waals surface area contributed by atoms with Crippen LogP contribution in [0.1, 0.15) is 5.69 Å². The Kier molecular flexibility index (Phi) is 6.05. The van der Waals surface area contributed by atoms with E-state index in [0.717, 1.165) is 10.7 Å². The van der Waals surface area contributed by atoms with Crippen molar-refractivity contribution in [1.82, 2.24) is 9.78 Å². The van der Waals surface area contributed by atoms with Crippen molar-refractivity contribution < 1.29 is 26.5 Å². The molecule has 1 aromatic heterocycles. The molecule has 4 rings (SSSR count). The van der Waals surface area contributed by atoms with Gasteiger partial charge in [-0.3, -0.25) is 14.8 Å². The van der Waals surface area contributed by atoms with Gasteiger partial charge in [0.25, 0.3) is 15.9 Å². The molecule has 0 saturated carbocycles. The largest absolute Gasteiger partial charge is 0.435 e. The predicted octanol–water partition coefficient (Wildman–Crippen LogP) is 4.75. The molecule has 13 heteroatoms. The van der Waals surface area contributed by atoms with Crippen LogP contribution in [0.15, 0.2) is 78.9 Å². The Labute approximate surface area is 197 Å². The second-order valence-electron chi connectivity index (χ2n) is 7.40. The van der Waals surface area contributed by atoms with Crippen LogP contribution in [-0.2, 0) is 16.4 Å². The summed E-state index contributed by atoms with van der Waals surface area (Å²) >= 11 is 0. The summed E-state index contributed by atoms with van der Waals surface area (Å²) in [7, 11) is -4.01. The van der Waals surface area contributed by atoms with E-state index in [1.165, 1.54) is 36.4 Å². The van der Waals surface area contributed by atoms with Gasteiger partial charge in [-0.2, -0.15) is 26.7 Å². The summed E-state index contributed by atoms with van der Waals surface area (Å²) in [6.45, 7) is 0. The number of hydrogen-bond acceptors (Lipinski definition) is 5. The van der Waals surface area contributed by atoms with Crippen molar-refractivity contribution in [1.29, 1.82) is 0 Å². The van der Waals surface area contributed by atoms with Crippen LogP contribution in [-0.4, -0.2) is 23.1 Å². The molecular weight excluding hydrogens is 487 g/mol. The van der Waals surface area contributed by atoms with Crippen molar-refractivity contribution >= 4 is 21.6 Å². The summed E-state index contributed by atoms with van der Waals surface area (Å²) in [5.41, 5.74) is 1.24. The highest BCUT2D eigenvalue weighted by atomic mass is 32.2. The van der Waals surface area contributed by atoms with Crippen LogP contribution in [0.25, 0.3) is 28.1 Å². The molecule has 0 atom stereocenters. The number of rotatable bonds is 6. The van der Waals surface area contributed by atoms with Gasteiger partial charge in [-0.1, -0.05) is 24.3 Å². The third-order valence-electron chi connectivity index (χ3n) is 4.96. The first-order valence-electron chi connectivity index (χ1n) is 9.84. The molecule has 0 unspecified atom stereocenters. The van der Waals surface area contributed by atoms with Crippen molar-refractivity contribution in [3.8, 4) is 28.1 Å². The zero-order valence-corrected chi connectivity index (χ0v) is 18.4. The Morgan fingerprint density at radius 2 is 1.40 bits per heavy atom. The number of nitrogens with two attached hydrogens (primary N) is 1. The van der Waals surface area contributed by atoms with Gasteiger partial charge >= 0.3 is 6.18 Å². The lowest BCUT2D eigenvalue weighted by atomic mass is 10.0. The van der Waals surface area contributed by atoms with E-state index in [1.54, 1.807) is 36.4 Å². The van der Waals surface area contributed by atoms with Gasteiger partial charge in [-0.25, -0.2) is 9.82 Å². The maximum absolute atomic E-state index is 13.4. The van der Waals surface area contributed by atoms with Gasteiger partial charge in [-0.15, -0.1) is 0 Å². The first-order chi connectivity index (χ1) is 16.4. The number of aromatic nitrogens is 2. The van der Waals surface area contributed by atoms with E-state index < -0.39 is 27.0 Å². The average Bonchev–Trinajstić information content (AvgIpc) is 3.25. The minimum Gasteiger partial charge on any atom is -0.271 e. The third kappa shape index (κ3) is 5.47. The van der Waals surface area contributed by atoms with Crippen LogP contribution in [0.3, 0.4) is 0 Å². The summed E-state index contributed by atoms with van der Waals surface area (Å²) in [4.78, 5) is 10.3. The average molecular weight is 503 g/mol. The molecule has 0 aliphatic heterocycles. The Morgan fingerprint density at radius 1 is 0.886 bits per heavy atom. The maximum Gasteiger partial charge on any atom is 0.435 e. The Balaban J connectivity index is 1.71. The molecule has 0 amide bonds. The van der Waals surface area contributed by atoms with Crippen molar-refractivity contribution in [2.24, 2.45) is 5.14 Å². The number of hydrogen-bond donors (Lipinski definition) is 2. The number of halogens is 3. The second kappa shape index (κ2) is 8.85. The quantitative estimate of drug-likeness (QED) is 0.289. The van der Waals surface area contributed by atoms with Crippen molar-refractivity contribution in [3.63, 3.8) is 0 Å². The fourth-order valence-corrected chi connectivity index (χ4v) is 3.83. The monoisotopic (exact) mass is 503 g/mol. The lowest BCUT2D eigenvalue weighted by molar-refractivity contribution is -0.384. The van der Waals surface area contributed by atoms with E-state index in [1.807, 2.05) is 0 Å². The maximum atomic E-state index is 13.4. The number of nitrogens with zero attached hydrogens (tertiary/aromatic N) is 3. The number of nitrogens with one attached hydrogen (secondary N) is 1. The number of nitro benzene ring substituents is 1. The molecule has 0 aliphatic carbocycles. The van der Waals surface area contributed by atoms with Gasteiger partial charge in [0.15, 0.2) is 5.69 Å². The van der Waals surface area contributed by atoms with Crippen LogP contribution in [0.4, 0.5) is 24.5 Å². The van der Waals surface area contributed by atoms with Crippen LogP contribution < -0.4 is 9.86 Å². The van der Waals surface area contributed by atoms with Crippen molar-refractivity contribution in [3.05, 3.63) is 94.7 Å². The number of anilines is 1. The fourth-order valence-electron chi connectivity index (χ4n) is 3.37. The van der Waals surface area contributed by atoms with Crippen LogP contribution in [0.5, 0.6) is 0 Å². The normalized spacial score (nSPS) is 11.9. The molecule has 180 valence electrons. The molecule has 0 spiro atoms. The van der Waals surface area contributed by atoms with Gasteiger partial charge in [0.1, 0.15) is 0 Å². The summed E-state index contributed by atoms with van der Waals surface area (Å²) in [5, 5.41) is 19.5. The van der Waals surface area contributed by atoms with E-state index in [2.05, 4.69) is 9.82 Å². The van der Waals surface area contributed by atoms with E-state index >= 15 is 0 Å². The highest BCUT2D eigenvalue weighted by Crippen LogP contribution is 2.34. The second-order valence-corrected chi connectivity index (χ2v) is 8.69. The molecular formula is C22H16F3N5O4S. The zero-order valence-electron chi connectivity index (χ0n) is 17.6. The van der Waals surface area contributed by atoms with E-state index in [4.69, 9.17) is 5.14 Å². The first-order valence-corrected chi connectivity index (χ1v) is 11.4. The van der Waals surface area contributed by atoms with Crippen LogP contribution >= 0.6 is 0 Å². The summed E-state index contributed by atoms with van der Waals surface area (Å²) < 4.78 is 65.8. The molecule has 35 heavy (non-hydrogen) atoms. The van der Waals surface area contributed by atoms with Crippen LogP contribution in [0.2, 0.25) is 0 Å². The topological polar surface area (TPSA) is 133 Å². The van der Waals surface area contributed by atoms with Gasteiger partial charge in [0.2, 0.25) is 0 Å². The van der Waals surface area contributed by atoms with E-state index in [9.17, 15) is 31.7 Å². The fraction of sp³-hybridized carbons (Fsp3) is 0.0455. The molecule has 3 aromatic carbocycles. The Hall–Kier alpha value is -4.23. The van der Waals surface area contributed by atoms with Gasteiger partial charge in [0, 0.05) is 23.4 Å². The number of alkyl halides is 3. The summed E-state index contributed by atoms with van der Waals surface area (Å²) in [6, 6.07) is 18.9. The molecule has 0 saturated heterocycles. The SMILES string of the molecule is NS(=O)(=O)Nc1ccc(-n2nc(C(F)(F)F)cc2-c2ccc(-c3ccc([N+](=O)[O-])cc3)cc2)cc1. The highest BCUT2D eigenvalue weighted by Gasteiger charge is 2.35. The summed E-state index contributed by atoms with van der Waals surface area (Å²) in [6.07, 6.45) is -4.69. The smallest absolute Gasteiger partial charge is 0.271 e. The molecule has 0 bridgehead atoms. The molecule has 9 nitrogen and oxygen atoms in total. The highest BCUT2D eigenvalue weighted by molar-refractivity contribution is 7.90. The van der Waals surface area contributed by atoms with E-state index in [0.29, 0.717) is 16.7 Å². The van der Waals surface area contributed by atoms with Gasteiger partial charge in [0.05, 0.1) is 16.3 Å². The lowest BCUT2D eigenvalue weighted by Crippen LogP contribution is -2.21. The number of non-ortho nitro benzene ring substituents is 1.